The molecule has 0 aliphatic heterocycles. The predicted octanol–water partition coefficient (Wildman–Crippen LogP) is 4.02. The number of hydrogen-bond donors (Lipinski definition) is 1. The van der Waals surface area contributed by atoms with Gasteiger partial charge in [-0.1, -0.05) is 57.5 Å². The molecule has 2 nitrogen and oxygen atoms in total. The number of aliphatic hydroxyl groups is 1. The summed E-state index contributed by atoms with van der Waals surface area (Å²) in [7, 11) is -2.40. The molecule has 0 radical (unpaired) electrons. The maximum absolute atomic E-state index is 13.4. The van der Waals surface area contributed by atoms with Gasteiger partial charge in [-0.2, -0.15) is 0 Å². The third-order valence-corrected chi connectivity index (χ3v) is 7.85. The van der Waals surface area contributed by atoms with Crippen LogP contribution in [0.2, 0.25) is 0 Å². The van der Waals surface area contributed by atoms with Crippen molar-refractivity contribution in [3.8, 4) is 0 Å². The monoisotopic (exact) mass is 282 g/mol. The number of unbranched alkanes of at least 4 members (excludes halogenated alkanes) is 1. The first-order valence-corrected chi connectivity index (χ1v) is 8.99. The van der Waals surface area contributed by atoms with E-state index < -0.39 is 7.14 Å². The molecule has 0 aliphatic rings. The van der Waals surface area contributed by atoms with Crippen molar-refractivity contribution in [3.63, 3.8) is 0 Å². The first-order chi connectivity index (χ1) is 8.77. The lowest BCUT2D eigenvalue weighted by atomic mass is 10.2. The Morgan fingerprint density at radius 3 is 2.21 bits per heavy atom. The lowest BCUT2D eigenvalue weighted by Gasteiger charge is -2.32. The highest BCUT2D eigenvalue weighted by molar-refractivity contribution is 7.73. The van der Waals surface area contributed by atoms with Crippen molar-refractivity contribution in [1.82, 2.24) is 0 Å². The number of aliphatic hydroxyl groups excluding tert-OH is 1. The van der Waals surface area contributed by atoms with Crippen LogP contribution in [0.3, 0.4) is 0 Å². The minimum atomic E-state index is -2.40. The van der Waals surface area contributed by atoms with Gasteiger partial charge in [-0.15, -0.1) is 0 Å². The van der Waals surface area contributed by atoms with Crippen molar-refractivity contribution < 1.29 is 9.67 Å². The molecule has 2 atom stereocenters. The van der Waals surface area contributed by atoms with E-state index in [-0.39, 0.29) is 11.3 Å². The minimum absolute atomic E-state index is 0.209. The Hall–Kier alpha value is -0.590. The van der Waals surface area contributed by atoms with Crippen molar-refractivity contribution in [1.29, 1.82) is 0 Å². The lowest BCUT2D eigenvalue weighted by molar-refractivity contribution is 0.181. The van der Waals surface area contributed by atoms with Gasteiger partial charge in [-0.25, -0.2) is 0 Å². The molecule has 1 N–H and O–H groups in total. The van der Waals surface area contributed by atoms with E-state index in [4.69, 9.17) is 0 Å². The van der Waals surface area contributed by atoms with E-state index in [0.717, 1.165) is 30.7 Å². The van der Waals surface area contributed by atoms with E-state index in [1.165, 1.54) is 0 Å². The van der Waals surface area contributed by atoms with Crippen LogP contribution in [0.15, 0.2) is 30.3 Å². The van der Waals surface area contributed by atoms with Crippen molar-refractivity contribution in [3.05, 3.63) is 30.3 Å². The Bertz CT molecular complexity index is 418. The van der Waals surface area contributed by atoms with E-state index in [0.29, 0.717) is 0 Å². The standard InChI is InChI=1S/C16H27O2P/c1-14(17)10-8-9-13-19(18,16(2,3)4)15-11-6-5-7-12-15/h5-7,11-12,14,17H,8-10,13H2,1-4H3. The fourth-order valence-corrected chi connectivity index (χ4v) is 5.32. The second-order valence-electron chi connectivity index (χ2n) is 6.31. The maximum atomic E-state index is 13.4. The van der Waals surface area contributed by atoms with Crippen LogP contribution in [0.1, 0.15) is 47.0 Å². The highest BCUT2D eigenvalue weighted by Crippen LogP contribution is 2.57. The molecule has 1 rings (SSSR count). The van der Waals surface area contributed by atoms with Crippen LogP contribution in [-0.2, 0) is 4.57 Å². The van der Waals surface area contributed by atoms with Gasteiger partial charge in [0.2, 0.25) is 0 Å². The van der Waals surface area contributed by atoms with Gasteiger partial charge < -0.3 is 9.67 Å². The van der Waals surface area contributed by atoms with Crippen molar-refractivity contribution >= 4 is 12.4 Å². The molecule has 0 spiro atoms. The summed E-state index contributed by atoms with van der Waals surface area (Å²) in [5, 5.41) is 10.1. The topological polar surface area (TPSA) is 37.3 Å². The number of rotatable bonds is 6. The summed E-state index contributed by atoms with van der Waals surface area (Å²) in [5.74, 6) is 0. The molecule has 0 aromatic heterocycles. The Kier molecular flexibility index (Phi) is 5.82. The second-order valence-corrected chi connectivity index (χ2v) is 10.1. The fourth-order valence-electron chi connectivity index (χ4n) is 2.29. The van der Waals surface area contributed by atoms with Crippen LogP contribution in [-0.4, -0.2) is 22.5 Å². The Balaban J connectivity index is 2.82. The quantitative estimate of drug-likeness (QED) is 0.632. The largest absolute Gasteiger partial charge is 0.393 e. The molecule has 19 heavy (non-hydrogen) atoms. The Morgan fingerprint density at radius 1 is 1.16 bits per heavy atom. The van der Waals surface area contributed by atoms with Gasteiger partial charge in [0.15, 0.2) is 0 Å². The van der Waals surface area contributed by atoms with E-state index in [2.05, 4.69) is 20.8 Å². The molecule has 0 saturated carbocycles. The molecule has 0 bridgehead atoms. The van der Waals surface area contributed by atoms with Crippen LogP contribution in [0.25, 0.3) is 0 Å². The summed E-state index contributed by atoms with van der Waals surface area (Å²) in [4.78, 5) is 0. The van der Waals surface area contributed by atoms with Crippen LogP contribution in [0.5, 0.6) is 0 Å². The van der Waals surface area contributed by atoms with Crippen molar-refractivity contribution in [2.24, 2.45) is 0 Å². The van der Waals surface area contributed by atoms with Gasteiger partial charge in [0, 0.05) is 16.6 Å². The molecule has 0 heterocycles. The summed E-state index contributed by atoms with van der Waals surface area (Å²) >= 11 is 0. The summed E-state index contributed by atoms with van der Waals surface area (Å²) in [6, 6.07) is 9.86. The third kappa shape index (κ3) is 4.47. The number of hydrogen-bond acceptors (Lipinski definition) is 2. The average Bonchev–Trinajstić information content (AvgIpc) is 2.34. The normalized spacial score (nSPS) is 16.9. The van der Waals surface area contributed by atoms with Crippen LogP contribution >= 0.6 is 7.14 Å². The smallest absolute Gasteiger partial charge is 0.120 e. The summed E-state index contributed by atoms with van der Waals surface area (Å²) < 4.78 is 13.4. The maximum Gasteiger partial charge on any atom is 0.120 e. The van der Waals surface area contributed by atoms with E-state index in [1.807, 2.05) is 30.3 Å². The van der Waals surface area contributed by atoms with E-state index >= 15 is 0 Å². The Labute approximate surface area is 117 Å². The molecular weight excluding hydrogens is 255 g/mol. The molecule has 2 unspecified atom stereocenters. The van der Waals surface area contributed by atoms with Crippen LogP contribution in [0, 0.1) is 0 Å². The zero-order valence-corrected chi connectivity index (χ0v) is 13.5. The Morgan fingerprint density at radius 2 is 1.74 bits per heavy atom. The first-order valence-electron chi connectivity index (χ1n) is 7.10. The predicted molar refractivity (Wildman–Crippen MR) is 83.8 cm³/mol. The second kappa shape index (κ2) is 6.72. The molecule has 0 fully saturated rings. The zero-order valence-electron chi connectivity index (χ0n) is 12.6. The molecule has 0 aliphatic carbocycles. The average molecular weight is 282 g/mol. The summed E-state index contributed by atoms with van der Waals surface area (Å²) in [5.41, 5.74) is 0. The third-order valence-electron chi connectivity index (χ3n) is 3.60. The molecule has 3 heteroatoms. The molecule has 1 aromatic rings. The molecule has 108 valence electrons. The summed E-state index contributed by atoms with van der Waals surface area (Å²) in [6.07, 6.45) is 3.11. The zero-order chi connectivity index (χ0) is 14.5. The van der Waals surface area contributed by atoms with Gasteiger partial charge in [0.1, 0.15) is 7.14 Å². The van der Waals surface area contributed by atoms with Crippen LogP contribution in [0.4, 0.5) is 0 Å². The highest BCUT2D eigenvalue weighted by atomic mass is 31.2. The molecule has 1 aromatic carbocycles. The highest BCUT2D eigenvalue weighted by Gasteiger charge is 2.37. The van der Waals surface area contributed by atoms with Gasteiger partial charge in [0.05, 0.1) is 6.10 Å². The molecule has 0 saturated heterocycles. The lowest BCUT2D eigenvalue weighted by Crippen LogP contribution is -2.25. The SMILES string of the molecule is CC(O)CCCCP(=O)(c1ccccc1)C(C)(C)C. The van der Waals surface area contributed by atoms with Gasteiger partial charge in [-0.05, 0) is 19.8 Å². The van der Waals surface area contributed by atoms with E-state index in [1.54, 1.807) is 6.92 Å². The van der Waals surface area contributed by atoms with Gasteiger partial charge >= 0.3 is 0 Å². The number of benzene rings is 1. The van der Waals surface area contributed by atoms with Crippen molar-refractivity contribution in [2.45, 2.75) is 58.2 Å². The molecule has 0 amide bonds. The molecular formula is C16H27O2P. The van der Waals surface area contributed by atoms with Gasteiger partial charge in [-0.3, -0.25) is 0 Å². The minimum Gasteiger partial charge on any atom is -0.393 e. The van der Waals surface area contributed by atoms with Crippen molar-refractivity contribution in [2.75, 3.05) is 6.16 Å². The van der Waals surface area contributed by atoms with Gasteiger partial charge in [0.25, 0.3) is 0 Å². The van der Waals surface area contributed by atoms with Crippen LogP contribution < -0.4 is 5.30 Å². The van der Waals surface area contributed by atoms with E-state index in [9.17, 15) is 9.67 Å². The first kappa shape index (κ1) is 16.5. The fraction of sp³-hybridized carbons (Fsp3) is 0.625. The summed E-state index contributed by atoms with van der Waals surface area (Å²) in [6.45, 7) is 8.00.